The van der Waals surface area contributed by atoms with E-state index in [0.29, 0.717) is 17.3 Å². The summed E-state index contributed by atoms with van der Waals surface area (Å²) in [5, 5.41) is 2.62. The normalized spacial score (nSPS) is 15.4. The molecule has 1 aliphatic heterocycles. The number of sulfonamides is 1. The number of amides is 2. The molecule has 0 aromatic heterocycles. The van der Waals surface area contributed by atoms with Gasteiger partial charge in [-0.1, -0.05) is 6.07 Å². The number of nitrogens with one attached hydrogen (secondary N) is 1. The Hall–Kier alpha value is -1.58. The second-order valence-electron chi connectivity index (χ2n) is 4.93. The van der Waals surface area contributed by atoms with Crippen molar-refractivity contribution in [1.82, 2.24) is 9.21 Å². The summed E-state index contributed by atoms with van der Waals surface area (Å²) in [4.78, 5) is 25.0. The third-order valence-electron chi connectivity index (χ3n) is 3.06. The summed E-state index contributed by atoms with van der Waals surface area (Å²) in [6, 6.07) is 6.02. The fraction of sp³-hybridized carbons (Fsp3) is 0.385. The van der Waals surface area contributed by atoms with Crippen molar-refractivity contribution < 1.29 is 18.0 Å². The van der Waals surface area contributed by atoms with Crippen molar-refractivity contribution in [2.45, 2.75) is 4.90 Å². The lowest BCUT2D eigenvalue weighted by Gasteiger charge is -2.15. The summed E-state index contributed by atoms with van der Waals surface area (Å²) >= 11 is 1.46. The Bertz CT molecular complexity index is 688. The van der Waals surface area contributed by atoms with E-state index in [4.69, 9.17) is 0 Å². The number of nitrogens with zero attached hydrogens (tertiary/aromatic N) is 2. The monoisotopic (exact) mass is 343 g/mol. The zero-order chi connectivity index (χ0) is 16.3. The highest BCUT2D eigenvalue weighted by molar-refractivity contribution is 8.00. The Morgan fingerprint density at radius 3 is 2.73 bits per heavy atom. The van der Waals surface area contributed by atoms with E-state index < -0.39 is 10.0 Å². The van der Waals surface area contributed by atoms with E-state index >= 15 is 0 Å². The highest BCUT2D eigenvalue weighted by atomic mass is 32.2. The van der Waals surface area contributed by atoms with Gasteiger partial charge in [-0.2, -0.15) is 0 Å². The summed E-state index contributed by atoms with van der Waals surface area (Å²) in [6.07, 6.45) is 0. The van der Waals surface area contributed by atoms with Gasteiger partial charge in [0.2, 0.25) is 21.8 Å². The molecule has 22 heavy (non-hydrogen) atoms. The number of benzene rings is 1. The van der Waals surface area contributed by atoms with E-state index in [-0.39, 0.29) is 23.3 Å². The minimum atomic E-state index is -3.55. The van der Waals surface area contributed by atoms with Gasteiger partial charge in [0.1, 0.15) is 6.54 Å². The fourth-order valence-electron chi connectivity index (χ4n) is 1.86. The van der Waals surface area contributed by atoms with Gasteiger partial charge in [0.05, 0.1) is 16.5 Å². The lowest BCUT2D eigenvalue weighted by molar-refractivity contribution is -0.130. The minimum absolute atomic E-state index is 0.0313. The van der Waals surface area contributed by atoms with Gasteiger partial charge in [-0.3, -0.25) is 9.59 Å². The van der Waals surface area contributed by atoms with Crippen LogP contribution in [0.4, 0.5) is 5.69 Å². The van der Waals surface area contributed by atoms with Gasteiger partial charge in [0.15, 0.2) is 0 Å². The topological polar surface area (TPSA) is 86.8 Å². The van der Waals surface area contributed by atoms with Crippen molar-refractivity contribution in [2.75, 3.05) is 37.6 Å². The Balaban J connectivity index is 2.07. The molecule has 0 spiro atoms. The van der Waals surface area contributed by atoms with Gasteiger partial charge in [0.25, 0.3) is 0 Å². The molecule has 0 bridgehead atoms. The predicted octanol–water partition coefficient (Wildman–Crippen LogP) is 0.408. The summed E-state index contributed by atoms with van der Waals surface area (Å²) in [5.41, 5.74) is 0.382. The standard InChI is InChI=1S/C13H17N3O4S2/c1-15(2)22(19,20)11-5-3-4-10(6-11)14-12(17)7-16-9-21-8-13(16)18/h3-6H,7-9H2,1-2H3,(H,14,17). The Morgan fingerprint density at radius 1 is 1.41 bits per heavy atom. The number of carbonyl (C=O) groups is 2. The van der Waals surface area contributed by atoms with Crippen molar-refractivity contribution in [3.8, 4) is 0 Å². The molecule has 1 saturated heterocycles. The number of carbonyl (C=O) groups excluding carboxylic acids is 2. The fourth-order valence-corrected chi connectivity index (χ4v) is 3.71. The number of thioether (sulfide) groups is 1. The number of anilines is 1. The van der Waals surface area contributed by atoms with Gasteiger partial charge in [-0.25, -0.2) is 12.7 Å². The first-order valence-electron chi connectivity index (χ1n) is 6.48. The van der Waals surface area contributed by atoms with E-state index in [1.54, 1.807) is 12.1 Å². The molecular formula is C13H17N3O4S2. The average Bonchev–Trinajstić information content (AvgIpc) is 2.84. The molecule has 2 amide bonds. The molecule has 0 unspecified atom stereocenters. The predicted molar refractivity (Wildman–Crippen MR) is 85.0 cm³/mol. The third kappa shape index (κ3) is 3.79. The van der Waals surface area contributed by atoms with Crippen LogP contribution < -0.4 is 5.32 Å². The number of rotatable bonds is 5. The first-order valence-corrected chi connectivity index (χ1v) is 9.08. The van der Waals surface area contributed by atoms with Gasteiger partial charge < -0.3 is 10.2 Å². The van der Waals surface area contributed by atoms with E-state index in [1.807, 2.05) is 0 Å². The van der Waals surface area contributed by atoms with Crippen LogP contribution in [0.1, 0.15) is 0 Å². The molecule has 1 aliphatic rings. The van der Waals surface area contributed by atoms with Gasteiger partial charge >= 0.3 is 0 Å². The molecule has 7 nitrogen and oxygen atoms in total. The molecular weight excluding hydrogens is 326 g/mol. The van der Waals surface area contributed by atoms with E-state index in [0.717, 1.165) is 4.31 Å². The SMILES string of the molecule is CN(C)S(=O)(=O)c1cccc(NC(=O)CN2CSCC2=O)c1. The molecule has 1 fully saturated rings. The van der Waals surface area contributed by atoms with Crippen LogP contribution in [0.25, 0.3) is 0 Å². The molecule has 120 valence electrons. The molecule has 0 atom stereocenters. The van der Waals surface area contributed by atoms with Crippen LogP contribution in [0.15, 0.2) is 29.2 Å². The Labute approximate surface area is 133 Å². The van der Waals surface area contributed by atoms with Crippen molar-refractivity contribution >= 4 is 39.3 Å². The largest absolute Gasteiger partial charge is 0.325 e. The molecule has 1 aromatic rings. The summed E-state index contributed by atoms with van der Waals surface area (Å²) in [6.45, 7) is -0.0313. The van der Waals surface area contributed by atoms with Gasteiger partial charge in [-0.15, -0.1) is 11.8 Å². The Kier molecular flexibility index (Phi) is 5.09. The van der Waals surface area contributed by atoms with Crippen LogP contribution >= 0.6 is 11.8 Å². The first-order chi connectivity index (χ1) is 10.3. The maximum absolute atomic E-state index is 12.0. The number of hydrogen-bond donors (Lipinski definition) is 1. The zero-order valence-corrected chi connectivity index (χ0v) is 13.9. The number of hydrogen-bond acceptors (Lipinski definition) is 5. The lowest BCUT2D eigenvalue weighted by atomic mass is 10.3. The smallest absolute Gasteiger partial charge is 0.244 e. The van der Waals surface area contributed by atoms with Crippen LogP contribution in [0.5, 0.6) is 0 Å². The van der Waals surface area contributed by atoms with Crippen LogP contribution in [0.2, 0.25) is 0 Å². The molecule has 1 N–H and O–H groups in total. The van der Waals surface area contributed by atoms with Crippen LogP contribution in [-0.4, -0.2) is 61.7 Å². The van der Waals surface area contributed by atoms with Crippen molar-refractivity contribution in [2.24, 2.45) is 0 Å². The van der Waals surface area contributed by atoms with Crippen LogP contribution in [0, 0.1) is 0 Å². The maximum atomic E-state index is 12.0. The third-order valence-corrected chi connectivity index (χ3v) is 5.81. The highest BCUT2D eigenvalue weighted by Gasteiger charge is 2.23. The van der Waals surface area contributed by atoms with E-state index in [1.165, 1.54) is 42.9 Å². The van der Waals surface area contributed by atoms with Gasteiger partial charge in [0, 0.05) is 19.8 Å². The summed E-state index contributed by atoms with van der Waals surface area (Å²) in [7, 11) is -0.669. The lowest BCUT2D eigenvalue weighted by Crippen LogP contribution is -2.34. The van der Waals surface area contributed by atoms with Crippen LogP contribution in [0.3, 0.4) is 0 Å². The molecule has 0 saturated carbocycles. The second kappa shape index (κ2) is 6.67. The first kappa shape index (κ1) is 16.8. The molecule has 0 aliphatic carbocycles. The molecule has 1 heterocycles. The zero-order valence-electron chi connectivity index (χ0n) is 12.3. The quantitative estimate of drug-likeness (QED) is 0.837. The van der Waals surface area contributed by atoms with Crippen molar-refractivity contribution in [1.29, 1.82) is 0 Å². The average molecular weight is 343 g/mol. The highest BCUT2D eigenvalue weighted by Crippen LogP contribution is 2.18. The van der Waals surface area contributed by atoms with Crippen molar-refractivity contribution in [3.05, 3.63) is 24.3 Å². The molecule has 0 radical (unpaired) electrons. The second-order valence-corrected chi connectivity index (χ2v) is 8.04. The van der Waals surface area contributed by atoms with E-state index in [2.05, 4.69) is 5.32 Å². The van der Waals surface area contributed by atoms with E-state index in [9.17, 15) is 18.0 Å². The maximum Gasteiger partial charge on any atom is 0.244 e. The summed E-state index contributed by atoms with van der Waals surface area (Å²) in [5.74, 6) is 0.477. The Morgan fingerprint density at radius 2 is 2.14 bits per heavy atom. The summed E-state index contributed by atoms with van der Waals surface area (Å²) < 4.78 is 25.2. The minimum Gasteiger partial charge on any atom is -0.325 e. The molecule has 9 heteroatoms. The molecule has 1 aromatic carbocycles. The van der Waals surface area contributed by atoms with Crippen LogP contribution in [-0.2, 0) is 19.6 Å². The van der Waals surface area contributed by atoms with Gasteiger partial charge in [-0.05, 0) is 18.2 Å². The molecule has 2 rings (SSSR count). The van der Waals surface area contributed by atoms with Crippen molar-refractivity contribution in [3.63, 3.8) is 0 Å².